The molecule has 120 valence electrons. The van der Waals surface area contributed by atoms with Crippen LogP contribution in [0.4, 0.5) is 5.69 Å². The average molecular weight is 330 g/mol. The van der Waals surface area contributed by atoms with E-state index in [-0.39, 0.29) is 16.4 Å². The number of aryl methyl sites for hydroxylation is 3. The van der Waals surface area contributed by atoms with Gasteiger partial charge in [0, 0.05) is 11.3 Å². The zero-order valence-electron chi connectivity index (χ0n) is 12.8. The molecule has 0 unspecified atom stereocenters. The van der Waals surface area contributed by atoms with Crippen LogP contribution in [0.1, 0.15) is 33.5 Å². The molecular weight excluding hydrogens is 312 g/mol. The Labute approximate surface area is 135 Å². The molecule has 0 radical (unpaired) electrons. The minimum Gasteiger partial charge on any atom is -0.322 e. The number of hydrogen-bond donors (Lipinski definition) is 2. The molecule has 2 aromatic carbocycles. The molecular formula is C17H18N2O3S. The summed E-state index contributed by atoms with van der Waals surface area (Å²) in [7, 11) is -3.85. The average Bonchev–Trinajstić information content (AvgIpc) is 2.94. The van der Waals surface area contributed by atoms with E-state index in [1.807, 2.05) is 18.2 Å². The quantitative estimate of drug-likeness (QED) is 0.905. The molecule has 0 aromatic heterocycles. The van der Waals surface area contributed by atoms with Crippen LogP contribution in [0.3, 0.4) is 0 Å². The third-order valence-electron chi connectivity index (χ3n) is 4.11. The van der Waals surface area contributed by atoms with Gasteiger partial charge in [0.15, 0.2) is 0 Å². The van der Waals surface area contributed by atoms with Gasteiger partial charge in [-0.1, -0.05) is 12.1 Å². The summed E-state index contributed by atoms with van der Waals surface area (Å²) < 4.78 is 23.1. The number of nitrogens with two attached hydrogens (primary N) is 1. The molecule has 1 amide bonds. The van der Waals surface area contributed by atoms with Crippen molar-refractivity contribution >= 4 is 21.6 Å². The van der Waals surface area contributed by atoms with Crippen molar-refractivity contribution in [3.05, 3.63) is 58.7 Å². The first kappa shape index (κ1) is 15.7. The molecule has 2 aromatic rings. The fraction of sp³-hybridized carbons (Fsp3) is 0.235. The summed E-state index contributed by atoms with van der Waals surface area (Å²) in [5.41, 5.74) is 4.09. The summed E-state index contributed by atoms with van der Waals surface area (Å²) >= 11 is 0. The fourth-order valence-electron chi connectivity index (χ4n) is 2.90. The molecule has 0 fully saturated rings. The maximum absolute atomic E-state index is 12.4. The molecule has 0 bridgehead atoms. The SMILES string of the molecule is Cc1ccc(C(=O)Nc2ccc3c(c2)CCC3)cc1S(N)(=O)=O. The second-order valence-electron chi connectivity index (χ2n) is 5.82. The second kappa shape index (κ2) is 5.79. The first-order valence-corrected chi connectivity index (χ1v) is 8.96. The number of carbonyl (C=O) groups excluding carboxylic acids is 1. The van der Waals surface area contributed by atoms with E-state index in [0.29, 0.717) is 11.3 Å². The Bertz CT molecular complexity index is 889. The van der Waals surface area contributed by atoms with Crippen LogP contribution in [0, 0.1) is 6.92 Å². The minimum atomic E-state index is -3.85. The highest BCUT2D eigenvalue weighted by Crippen LogP contribution is 2.25. The highest BCUT2D eigenvalue weighted by atomic mass is 32.2. The zero-order valence-corrected chi connectivity index (χ0v) is 13.6. The molecule has 3 N–H and O–H groups in total. The number of fused-ring (bicyclic) bond motifs is 1. The summed E-state index contributed by atoms with van der Waals surface area (Å²) in [6.07, 6.45) is 3.25. The summed E-state index contributed by atoms with van der Waals surface area (Å²) in [6, 6.07) is 10.4. The van der Waals surface area contributed by atoms with Crippen LogP contribution in [-0.4, -0.2) is 14.3 Å². The molecule has 0 aliphatic heterocycles. The second-order valence-corrected chi connectivity index (χ2v) is 7.35. The molecule has 23 heavy (non-hydrogen) atoms. The lowest BCUT2D eigenvalue weighted by Crippen LogP contribution is -2.17. The highest BCUT2D eigenvalue weighted by Gasteiger charge is 2.16. The van der Waals surface area contributed by atoms with Gasteiger partial charge in [0.05, 0.1) is 4.90 Å². The Morgan fingerprint density at radius 1 is 1.09 bits per heavy atom. The molecule has 1 aliphatic carbocycles. The van der Waals surface area contributed by atoms with E-state index >= 15 is 0 Å². The van der Waals surface area contributed by atoms with Gasteiger partial charge in [-0.15, -0.1) is 0 Å². The van der Waals surface area contributed by atoms with E-state index in [4.69, 9.17) is 5.14 Å². The van der Waals surface area contributed by atoms with Crippen molar-refractivity contribution in [2.75, 3.05) is 5.32 Å². The largest absolute Gasteiger partial charge is 0.322 e. The third kappa shape index (κ3) is 3.28. The van der Waals surface area contributed by atoms with E-state index in [2.05, 4.69) is 5.32 Å². The predicted molar refractivity (Wildman–Crippen MR) is 89.0 cm³/mol. The van der Waals surface area contributed by atoms with Crippen LogP contribution in [0.15, 0.2) is 41.3 Å². The van der Waals surface area contributed by atoms with Gasteiger partial charge >= 0.3 is 0 Å². The molecule has 5 nitrogen and oxygen atoms in total. The van der Waals surface area contributed by atoms with Crippen LogP contribution in [0.25, 0.3) is 0 Å². The Morgan fingerprint density at radius 3 is 2.57 bits per heavy atom. The van der Waals surface area contributed by atoms with Crippen LogP contribution in [-0.2, 0) is 22.9 Å². The minimum absolute atomic E-state index is 0.0286. The van der Waals surface area contributed by atoms with Crippen molar-refractivity contribution in [3.8, 4) is 0 Å². The van der Waals surface area contributed by atoms with Crippen molar-refractivity contribution in [1.29, 1.82) is 0 Å². The van der Waals surface area contributed by atoms with Gasteiger partial charge in [-0.3, -0.25) is 4.79 Å². The van der Waals surface area contributed by atoms with Gasteiger partial charge in [0.25, 0.3) is 5.91 Å². The number of anilines is 1. The fourth-order valence-corrected chi connectivity index (χ4v) is 3.71. The van der Waals surface area contributed by atoms with E-state index in [1.54, 1.807) is 19.1 Å². The first-order valence-electron chi connectivity index (χ1n) is 7.41. The van der Waals surface area contributed by atoms with E-state index in [9.17, 15) is 13.2 Å². The number of hydrogen-bond acceptors (Lipinski definition) is 3. The summed E-state index contributed by atoms with van der Waals surface area (Å²) in [5, 5.41) is 7.99. The lowest BCUT2D eigenvalue weighted by Gasteiger charge is -2.09. The first-order chi connectivity index (χ1) is 10.8. The maximum Gasteiger partial charge on any atom is 0.255 e. The van der Waals surface area contributed by atoms with E-state index in [0.717, 1.165) is 19.3 Å². The van der Waals surface area contributed by atoms with Crippen molar-refractivity contribution in [2.45, 2.75) is 31.1 Å². The highest BCUT2D eigenvalue weighted by molar-refractivity contribution is 7.89. The van der Waals surface area contributed by atoms with Gasteiger partial charge in [-0.05, 0) is 67.1 Å². The Kier molecular flexibility index (Phi) is 3.95. The van der Waals surface area contributed by atoms with Gasteiger partial charge < -0.3 is 5.32 Å². The smallest absolute Gasteiger partial charge is 0.255 e. The van der Waals surface area contributed by atoms with Crippen LogP contribution in [0.5, 0.6) is 0 Å². The Hall–Kier alpha value is -2.18. The summed E-state index contributed by atoms with van der Waals surface area (Å²) in [4.78, 5) is 12.3. The zero-order chi connectivity index (χ0) is 16.6. The Morgan fingerprint density at radius 2 is 1.83 bits per heavy atom. The number of sulfonamides is 1. The standard InChI is InChI=1S/C17H18N2O3S/c1-11-5-6-14(10-16(11)23(18,21)22)17(20)19-15-8-7-12-3-2-4-13(12)9-15/h5-10H,2-4H2,1H3,(H,19,20)(H2,18,21,22). The third-order valence-corrected chi connectivity index (χ3v) is 5.17. The molecule has 0 spiro atoms. The molecule has 3 rings (SSSR count). The van der Waals surface area contributed by atoms with Crippen molar-refractivity contribution < 1.29 is 13.2 Å². The van der Waals surface area contributed by atoms with Crippen LogP contribution < -0.4 is 10.5 Å². The number of carbonyl (C=O) groups is 1. The monoisotopic (exact) mass is 330 g/mol. The van der Waals surface area contributed by atoms with Crippen LogP contribution in [0.2, 0.25) is 0 Å². The van der Waals surface area contributed by atoms with Crippen molar-refractivity contribution in [3.63, 3.8) is 0 Å². The van der Waals surface area contributed by atoms with Crippen molar-refractivity contribution in [2.24, 2.45) is 5.14 Å². The van der Waals surface area contributed by atoms with Gasteiger partial charge in [0.1, 0.15) is 0 Å². The molecule has 1 aliphatic rings. The lowest BCUT2D eigenvalue weighted by molar-refractivity contribution is 0.102. The van der Waals surface area contributed by atoms with Gasteiger partial charge in [-0.25, -0.2) is 13.6 Å². The van der Waals surface area contributed by atoms with E-state index < -0.39 is 10.0 Å². The van der Waals surface area contributed by atoms with Crippen LogP contribution >= 0.6 is 0 Å². The van der Waals surface area contributed by atoms with Crippen molar-refractivity contribution in [1.82, 2.24) is 0 Å². The maximum atomic E-state index is 12.4. The lowest BCUT2D eigenvalue weighted by atomic mass is 10.1. The normalized spacial score (nSPS) is 13.7. The molecule has 6 heteroatoms. The topological polar surface area (TPSA) is 89.3 Å². The molecule has 0 saturated carbocycles. The molecule has 0 atom stereocenters. The Balaban J connectivity index is 1.86. The summed E-state index contributed by atoms with van der Waals surface area (Å²) in [5.74, 6) is -0.354. The number of nitrogens with one attached hydrogen (secondary N) is 1. The number of amides is 1. The number of benzene rings is 2. The molecule has 0 heterocycles. The summed E-state index contributed by atoms with van der Waals surface area (Å²) in [6.45, 7) is 1.64. The number of rotatable bonds is 3. The van der Waals surface area contributed by atoms with E-state index in [1.165, 1.54) is 17.2 Å². The number of primary sulfonamides is 1. The van der Waals surface area contributed by atoms with Gasteiger partial charge in [0.2, 0.25) is 10.0 Å². The predicted octanol–water partition coefficient (Wildman–Crippen LogP) is 2.38. The molecule has 0 saturated heterocycles. The van der Waals surface area contributed by atoms with Gasteiger partial charge in [-0.2, -0.15) is 0 Å².